The Hall–Kier alpha value is -1.83. The third kappa shape index (κ3) is 1.71. The van der Waals surface area contributed by atoms with Crippen LogP contribution in [-0.4, -0.2) is 13.4 Å². The maximum Gasteiger partial charge on any atom is 0.150 e. The number of aldehydes is 1. The average Bonchev–Trinajstić information content (AvgIpc) is 2.26. The van der Waals surface area contributed by atoms with E-state index < -0.39 is 0 Å². The number of carbonyl (C=O) groups is 1. The Morgan fingerprint density at radius 1 is 1.20 bits per heavy atom. The Bertz CT molecular complexity index is 515. The van der Waals surface area contributed by atoms with Crippen molar-refractivity contribution in [1.82, 2.24) is 0 Å². The third-order valence-corrected chi connectivity index (χ3v) is 2.46. The van der Waals surface area contributed by atoms with Crippen LogP contribution in [0.2, 0.25) is 0 Å². The summed E-state index contributed by atoms with van der Waals surface area (Å²) in [6.07, 6.45) is 0.891. The molecule has 0 radical (unpaired) electrons. The standard InChI is InChI=1S/C13H12O2/c1-9-5-10-7-12(15-2)3-4-13(10)11(6-9)8-14/h3-8H,1-2H3. The van der Waals surface area contributed by atoms with E-state index in [4.69, 9.17) is 4.74 Å². The molecule has 0 heterocycles. The van der Waals surface area contributed by atoms with Crippen molar-refractivity contribution in [2.75, 3.05) is 7.11 Å². The van der Waals surface area contributed by atoms with E-state index >= 15 is 0 Å². The summed E-state index contributed by atoms with van der Waals surface area (Å²) in [4.78, 5) is 10.9. The van der Waals surface area contributed by atoms with Crippen LogP contribution in [0.25, 0.3) is 10.8 Å². The number of aryl methyl sites for hydroxylation is 1. The van der Waals surface area contributed by atoms with Gasteiger partial charge in [0.15, 0.2) is 6.29 Å². The monoisotopic (exact) mass is 200 g/mol. The molecule has 0 aromatic heterocycles. The fourth-order valence-electron chi connectivity index (χ4n) is 1.76. The van der Waals surface area contributed by atoms with Crippen LogP contribution in [-0.2, 0) is 0 Å². The molecule has 2 aromatic carbocycles. The maximum atomic E-state index is 10.9. The molecule has 0 unspecified atom stereocenters. The highest BCUT2D eigenvalue weighted by atomic mass is 16.5. The van der Waals surface area contributed by atoms with E-state index in [0.29, 0.717) is 0 Å². The largest absolute Gasteiger partial charge is 0.497 e. The summed E-state index contributed by atoms with van der Waals surface area (Å²) in [7, 11) is 1.64. The molecule has 2 heteroatoms. The lowest BCUT2D eigenvalue weighted by Gasteiger charge is -2.05. The number of ether oxygens (including phenoxy) is 1. The molecule has 0 saturated heterocycles. The minimum atomic E-state index is 0.729. The molecule has 0 aliphatic rings. The van der Waals surface area contributed by atoms with Crippen LogP contribution in [0.5, 0.6) is 5.75 Å². The Labute approximate surface area is 88.5 Å². The molecule has 2 nitrogen and oxygen atoms in total. The van der Waals surface area contributed by atoms with Gasteiger partial charge in [-0.15, -0.1) is 0 Å². The van der Waals surface area contributed by atoms with Crippen molar-refractivity contribution in [2.24, 2.45) is 0 Å². The van der Waals surface area contributed by atoms with Crippen molar-refractivity contribution >= 4 is 17.1 Å². The molecule has 2 rings (SSSR count). The van der Waals surface area contributed by atoms with Gasteiger partial charge in [-0.2, -0.15) is 0 Å². The number of carbonyl (C=O) groups excluding carboxylic acids is 1. The van der Waals surface area contributed by atoms with Crippen LogP contribution in [0.4, 0.5) is 0 Å². The number of hydrogen-bond donors (Lipinski definition) is 0. The van der Waals surface area contributed by atoms with E-state index in [-0.39, 0.29) is 0 Å². The van der Waals surface area contributed by atoms with Gasteiger partial charge in [-0.25, -0.2) is 0 Å². The predicted octanol–water partition coefficient (Wildman–Crippen LogP) is 2.97. The Morgan fingerprint density at radius 3 is 2.67 bits per heavy atom. The number of fused-ring (bicyclic) bond motifs is 1. The summed E-state index contributed by atoms with van der Waals surface area (Å²) in [5, 5.41) is 2.01. The quantitative estimate of drug-likeness (QED) is 0.696. The highest BCUT2D eigenvalue weighted by Crippen LogP contribution is 2.24. The maximum absolute atomic E-state index is 10.9. The minimum Gasteiger partial charge on any atom is -0.497 e. The van der Waals surface area contributed by atoms with E-state index in [0.717, 1.165) is 33.9 Å². The van der Waals surface area contributed by atoms with Crippen molar-refractivity contribution in [2.45, 2.75) is 6.92 Å². The van der Waals surface area contributed by atoms with Crippen molar-refractivity contribution < 1.29 is 9.53 Å². The van der Waals surface area contributed by atoms with Gasteiger partial charge in [0.1, 0.15) is 5.75 Å². The van der Waals surface area contributed by atoms with Gasteiger partial charge in [0.2, 0.25) is 0 Å². The summed E-state index contributed by atoms with van der Waals surface area (Å²) in [5.74, 6) is 0.810. The molecular formula is C13H12O2. The van der Waals surface area contributed by atoms with Gasteiger partial charge >= 0.3 is 0 Å². The third-order valence-electron chi connectivity index (χ3n) is 2.46. The topological polar surface area (TPSA) is 26.3 Å². The first kappa shape index (κ1) is 9.71. The SMILES string of the molecule is COc1ccc2c(C=O)cc(C)cc2c1. The molecule has 0 bridgehead atoms. The summed E-state index contributed by atoms with van der Waals surface area (Å²) in [6.45, 7) is 1.98. The second kappa shape index (κ2) is 3.73. The van der Waals surface area contributed by atoms with Gasteiger partial charge in [0.05, 0.1) is 7.11 Å². The molecule has 0 aliphatic carbocycles. The van der Waals surface area contributed by atoms with Crippen molar-refractivity contribution in [3.8, 4) is 5.75 Å². The zero-order valence-electron chi connectivity index (χ0n) is 8.78. The Morgan fingerprint density at radius 2 is 2.00 bits per heavy atom. The molecule has 0 saturated carbocycles. The van der Waals surface area contributed by atoms with E-state index in [2.05, 4.69) is 0 Å². The second-order valence-corrected chi connectivity index (χ2v) is 3.56. The fourth-order valence-corrected chi connectivity index (χ4v) is 1.76. The van der Waals surface area contributed by atoms with Crippen LogP contribution in [0.1, 0.15) is 15.9 Å². The number of methoxy groups -OCH3 is 1. The number of benzene rings is 2. The molecule has 2 aromatic rings. The van der Waals surface area contributed by atoms with Crippen LogP contribution in [0.15, 0.2) is 30.3 Å². The van der Waals surface area contributed by atoms with Crippen molar-refractivity contribution in [3.05, 3.63) is 41.5 Å². The number of hydrogen-bond acceptors (Lipinski definition) is 2. The molecule has 0 fully saturated rings. The van der Waals surface area contributed by atoms with Gasteiger partial charge in [-0.3, -0.25) is 4.79 Å². The lowest BCUT2D eigenvalue weighted by Crippen LogP contribution is -1.88. The summed E-state index contributed by atoms with van der Waals surface area (Å²) < 4.78 is 5.15. The van der Waals surface area contributed by atoms with Crippen LogP contribution >= 0.6 is 0 Å². The zero-order chi connectivity index (χ0) is 10.8. The number of rotatable bonds is 2. The van der Waals surface area contributed by atoms with Crippen LogP contribution in [0, 0.1) is 6.92 Å². The first-order valence-electron chi connectivity index (χ1n) is 4.78. The van der Waals surface area contributed by atoms with Gasteiger partial charge < -0.3 is 4.74 Å². The molecule has 0 atom stereocenters. The first-order chi connectivity index (χ1) is 7.24. The van der Waals surface area contributed by atoms with Gasteiger partial charge in [-0.05, 0) is 47.5 Å². The highest BCUT2D eigenvalue weighted by Gasteiger charge is 2.02. The zero-order valence-corrected chi connectivity index (χ0v) is 8.78. The normalized spacial score (nSPS) is 10.3. The summed E-state index contributed by atoms with van der Waals surface area (Å²) >= 11 is 0. The van der Waals surface area contributed by atoms with Crippen LogP contribution in [0.3, 0.4) is 0 Å². The van der Waals surface area contributed by atoms with Crippen LogP contribution < -0.4 is 4.74 Å². The fraction of sp³-hybridized carbons (Fsp3) is 0.154. The molecule has 0 N–H and O–H groups in total. The summed E-state index contributed by atoms with van der Waals surface area (Å²) in [6, 6.07) is 9.66. The molecule has 0 aliphatic heterocycles. The lowest BCUT2D eigenvalue weighted by atomic mass is 10.0. The Kier molecular flexibility index (Phi) is 2.42. The second-order valence-electron chi connectivity index (χ2n) is 3.56. The van der Waals surface area contributed by atoms with Crippen molar-refractivity contribution in [1.29, 1.82) is 0 Å². The van der Waals surface area contributed by atoms with E-state index in [1.54, 1.807) is 7.11 Å². The van der Waals surface area contributed by atoms with Crippen molar-refractivity contribution in [3.63, 3.8) is 0 Å². The van der Waals surface area contributed by atoms with E-state index in [1.807, 2.05) is 37.3 Å². The molecule has 76 valence electrons. The van der Waals surface area contributed by atoms with E-state index in [1.165, 1.54) is 0 Å². The molecule has 0 amide bonds. The molecular weight excluding hydrogens is 188 g/mol. The summed E-state index contributed by atoms with van der Waals surface area (Å²) in [5.41, 5.74) is 1.81. The van der Waals surface area contributed by atoms with Gasteiger partial charge in [0.25, 0.3) is 0 Å². The first-order valence-corrected chi connectivity index (χ1v) is 4.78. The van der Waals surface area contributed by atoms with Gasteiger partial charge in [0, 0.05) is 5.56 Å². The highest BCUT2D eigenvalue weighted by molar-refractivity contribution is 5.99. The Balaban J connectivity index is 2.77. The minimum absolute atomic E-state index is 0.729. The van der Waals surface area contributed by atoms with E-state index in [9.17, 15) is 4.79 Å². The molecule has 0 spiro atoms. The lowest BCUT2D eigenvalue weighted by molar-refractivity contribution is 0.112. The van der Waals surface area contributed by atoms with Gasteiger partial charge in [-0.1, -0.05) is 6.07 Å². The predicted molar refractivity (Wildman–Crippen MR) is 60.6 cm³/mol. The smallest absolute Gasteiger partial charge is 0.150 e. The molecule has 15 heavy (non-hydrogen) atoms. The average molecular weight is 200 g/mol.